The Morgan fingerprint density at radius 2 is 1.82 bits per heavy atom. The third-order valence-corrected chi connectivity index (χ3v) is 7.82. The number of nitrogens with zero attached hydrogens (tertiary/aromatic N) is 4. The number of nitriles is 1. The van der Waals surface area contributed by atoms with Crippen molar-refractivity contribution in [3.63, 3.8) is 0 Å². The SMILES string of the molecule is Cc1ccc(SOO[O-])cc1.[C-]#[N+]CC[N+]1=C(c2ccc(N(C)CCC#N)cc2)c2cccc3c(Br)ccc1c23. The van der Waals surface area contributed by atoms with Gasteiger partial charge in [0.25, 0.3) is 6.54 Å². The predicted octanol–water partition coefficient (Wildman–Crippen LogP) is 6.59. The first kappa shape index (κ1) is 29.3. The lowest BCUT2D eigenvalue weighted by Gasteiger charge is -2.17. The minimum absolute atomic E-state index is 0.448. The molecule has 5 rings (SSSR count). The molecular weight excluding hydrogens is 588 g/mol. The first-order chi connectivity index (χ1) is 19.5. The van der Waals surface area contributed by atoms with Gasteiger partial charge in [0.05, 0.1) is 35.5 Å². The quantitative estimate of drug-likeness (QED) is 0.0696. The Hall–Kier alpha value is -3.70. The molecule has 0 fully saturated rings. The van der Waals surface area contributed by atoms with Gasteiger partial charge in [-0.05, 0) is 55.5 Å². The molecule has 0 amide bonds. The Kier molecular flexibility index (Phi) is 10.3. The first-order valence-electron chi connectivity index (χ1n) is 12.6. The molecule has 1 heterocycles. The molecule has 40 heavy (non-hydrogen) atoms. The van der Waals surface area contributed by atoms with E-state index >= 15 is 0 Å². The van der Waals surface area contributed by atoms with Crippen LogP contribution in [0.3, 0.4) is 0 Å². The van der Waals surface area contributed by atoms with Crippen LogP contribution in [-0.4, -0.2) is 37.0 Å². The van der Waals surface area contributed by atoms with E-state index in [4.69, 9.17) is 11.8 Å². The second-order valence-corrected chi connectivity index (χ2v) is 10.7. The summed E-state index contributed by atoms with van der Waals surface area (Å²) >= 11 is 4.58. The summed E-state index contributed by atoms with van der Waals surface area (Å²) in [4.78, 5) is 6.52. The average molecular weight is 616 g/mol. The van der Waals surface area contributed by atoms with Crippen molar-refractivity contribution in [2.45, 2.75) is 18.2 Å². The van der Waals surface area contributed by atoms with Gasteiger partial charge < -0.3 is 15.0 Å². The maximum atomic E-state index is 9.43. The Bertz CT molecular complexity index is 1590. The van der Waals surface area contributed by atoms with Gasteiger partial charge in [-0.2, -0.15) is 14.2 Å². The van der Waals surface area contributed by atoms with E-state index in [1.165, 1.54) is 16.3 Å². The first-order valence-corrected chi connectivity index (χ1v) is 14.1. The van der Waals surface area contributed by atoms with Crippen LogP contribution in [0.4, 0.5) is 11.4 Å². The Morgan fingerprint density at radius 3 is 2.50 bits per heavy atom. The molecule has 0 saturated carbocycles. The summed E-state index contributed by atoms with van der Waals surface area (Å²) in [5, 5.41) is 23.9. The molecule has 0 radical (unpaired) electrons. The minimum atomic E-state index is 0.448. The number of halogens is 1. The largest absolute Gasteiger partial charge is 0.691 e. The third kappa shape index (κ3) is 6.71. The number of aryl methyl sites for hydroxylation is 1. The highest BCUT2D eigenvalue weighted by Gasteiger charge is 2.34. The molecule has 0 bridgehead atoms. The predicted molar refractivity (Wildman–Crippen MR) is 160 cm³/mol. The van der Waals surface area contributed by atoms with Crippen LogP contribution in [0.25, 0.3) is 15.6 Å². The van der Waals surface area contributed by atoms with E-state index in [1.54, 1.807) is 0 Å². The highest BCUT2D eigenvalue weighted by Crippen LogP contribution is 2.40. The van der Waals surface area contributed by atoms with Crippen LogP contribution in [0, 0.1) is 24.8 Å². The molecule has 1 aliphatic rings. The van der Waals surface area contributed by atoms with E-state index in [2.05, 4.69) is 100 Å². The molecule has 0 aromatic heterocycles. The van der Waals surface area contributed by atoms with Crippen LogP contribution in [0.15, 0.2) is 88.2 Å². The topological polar surface area (TPSA) is 75.9 Å². The van der Waals surface area contributed by atoms with Gasteiger partial charge in [0.2, 0.25) is 17.9 Å². The van der Waals surface area contributed by atoms with E-state index in [0.717, 1.165) is 49.6 Å². The molecule has 0 saturated heterocycles. The lowest BCUT2D eigenvalue weighted by molar-refractivity contribution is -0.777. The maximum absolute atomic E-state index is 9.43. The van der Waals surface area contributed by atoms with E-state index in [0.29, 0.717) is 26.1 Å². The summed E-state index contributed by atoms with van der Waals surface area (Å²) in [7, 11) is 2.01. The Morgan fingerprint density at radius 1 is 1.07 bits per heavy atom. The zero-order chi connectivity index (χ0) is 28.5. The summed E-state index contributed by atoms with van der Waals surface area (Å²) in [6.45, 7) is 11.1. The summed E-state index contributed by atoms with van der Waals surface area (Å²) in [6, 6.07) is 28.8. The lowest BCUT2D eigenvalue weighted by Crippen LogP contribution is -2.19. The average Bonchev–Trinajstić information content (AvgIpc) is 3.31. The van der Waals surface area contributed by atoms with Gasteiger partial charge in [-0.25, -0.2) is 6.57 Å². The molecule has 202 valence electrons. The van der Waals surface area contributed by atoms with Crippen LogP contribution >= 0.6 is 28.0 Å². The summed E-state index contributed by atoms with van der Waals surface area (Å²) in [5.74, 6) is 0. The van der Waals surface area contributed by atoms with Crippen LogP contribution < -0.4 is 10.2 Å². The van der Waals surface area contributed by atoms with Gasteiger partial charge in [-0.3, -0.25) is 5.04 Å². The molecule has 0 unspecified atom stereocenters. The van der Waals surface area contributed by atoms with Crippen LogP contribution in [-0.2, 0) is 9.37 Å². The summed E-state index contributed by atoms with van der Waals surface area (Å²) in [5.41, 5.74) is 6.90. The van der Waals surface area contributed by atoms with Gasteiger partial charge in [0.1, 0.15) is 0 Å². The van der Waals surface area contributed by atoms with Crippen molar-refractivity contribution in [1.82, 2.24) is 0 Å². The van der Waals surface area contributed by atoms with Crippen molar-refractivity contribution in [1.29, 1.82) is 5.26 Å². The number of rotatable bonds is 9. The molecule has 4 aromatic carbocycles. The van der Waals surface area contributed by atoms with Crippen LogP contribution in [0.5, 0.6) is 0 Å². The van der Waals surface area contributed by atoms with Crippen molar-refractivity contribution < 1.29 is 19.2 Å². The summed E-state index contributed by atoms with van der Waals surface area (Å²) < 4.78 is 7.48. The smallest absolute Gasteiger partial charge is 0.272 e. The number of benzene rings is 4. The molecule has 9 heteroatoms. The second-order valence-electron chi connectivity index (χ2n) is 9.09. The van der Waals surface area contributed by atoms with Gasteiger partial charge in [-0.15, -0.1) is 0 Å². The van der Waals surface area contributed by atoms with Gasteiger partial charge in [-0.1, -0.05) is 45.8 Å². The highest BCUT2D eigenvalue weighted by atomic mass is 79.9. The van der Waals surface area contributed by atoms with Gasteiger partial charge in [0.15, 0.2) is 0 Å². The molecule has 0 N–H and O–H groups in total. The maximum Gasteiger partial charge on any atom is 0.272 e. The second kappa shape index (κ2) is 14.1. The minimum Gasteiger partial charge on any atom is -0.691 e. The normalized spacial score (nSPS) is 11.6. The molecule has 4 aromatic rings. The van der Waals surface area contributed by atoms with E-state index in [1.807, 2.05) is 38.2 Å². The molecule has 0 atom stereocenters. The number of anilines is 1. The monoisotopic (exact) mass is 614 g/mol. The third-order valence-electron chi connectivity index (χ3n) is 6.54. The Balaban J connectivity index is 0.000000283. The molecule has 0 aliphatic carbocycles. The van der Waals surface area contributed by atoms with Crippen molar-refractivity contribution in [3.05, 3.63) is 111 Å². The van der Waals surface area contributed by atoms with Gasteiger partial charge in [0, 0.05) is 45.7 Å². The highest BCUT2D eigenvalue weighted by molar-refractivity contribution is 9.10. The zero-order valence-corrected chi connectivity index (χ0v) is 24.5. The standard InChI is InChI=1S/C24H20BrN4.C7H8O3S/c1-27-14-16-29-22-12-11-21(25)19-5-3-6-20(23(19)22)24(29)17-7-9-18(10-8-17)28(2)15-4-13-26;1-6-2-4-7(5-3-6)11-10-9-8/h3,5-12H,4,14-16H2,2H3;2-5,8H,1H3/q+1;/p-1. The van der Waals surface area contributed by atoms with Gasteiger partial charge >= 0.3 is 0 Å². The number of hydrogen-bond acceptors (Lipinski definition) is 6. The summed E-state index contributed by atoms with van der Waals surface area (Å²) in [6.07, 6.45) is 0.506. The zero-order valence-electron chi connectivity index (χ0n) is 22.1. The lowest BCUT2D eigenvalue weighted by atomic mass is 9.98. The fourth-order valence-corrected chi connectivity index (χ4v) is 5.42. The van der Waals surface area contributed by atoms with Crippen molar-refractivity contribution in [2.75, 3.05) is 31.6 Å². The molecular formula is C31H27BrN4O3S. The van der Waals surface area contributed by atoms with E-state index < -0.39 is 0 Å². The van der Waals surface area contributed by atoms with Crippen LogP contribution in [0.2, 0.25) is 0 Å². The van der Waals surface area contributed by atoms with Crippen molar-refractivity contribution in [3.8, 4) is 6.07 Å². The van der Waals surface area contributed by atoms with E-state index in [9.17, 15) is 5.26 Å². The van der Waals surface area contributed by atoms with E-state index in [-0.39, 0.29) is 0 Å². The fourth-order valence-electron chi connectivity index (χ4n) is 4.60. The molecule has 1 aliphatic heterocycles. The molecule has 0 spiro atoms. The molecule has 7 nitrogen and oxygen atoms in total. The van der Waals surface area contributed by atoms with Crippen molar-refractivity contribution in [2.24, 2.45) is 0 Å². The van der Waals surface area contributed by atoms with Crippen molar-refractivity contribution >= 4 is 55.8 Å². The Labute approximate surface area is 246 Å². The van der Waals surface area contributed by atoms with Crippen LogP contribution in [0.1, 0.15) is 23.1 Å². The number of hydrogen-bond donors (Lipinski definition) is 0. The fraction of sp³-hybridized carbons (Fsp3) is 0.194.